The van der Waals surface area contributed by atoms with E-state index >= 15 is 0 Å². The van der Waals surface area contributed by atoms with E-state index < -0.39 is 0 Å². The molecule has 0 amide bonds. The van der Waals surface area contributed by atoms with Crippen LogP contribution >= 0.6 is 0 Å². The van der Waals surface area contributed by atoms with Crippen LogP contribution in [0.5, 0.6) is 0 Å². The van der Waals surface area contributed by atoms with Gasteiger partial charge in [-0.25, -0.2) is 4.79 Å². The number of ether oxygens (including phenoxy) is 1. The van der Waals surface area contributed by atoms with Crippen molar-refractivity contribution < 1.29 is 9.53 Å². The van der Waals surface area contributed by atoms with Crippen molar-refractivity contribution in [1.82, 2.24) is 0 Å². The highest BCUT2D eigenvalue weighted by atomic mass is 16.5. The van der Waals surface area contributed by atoms with E-state index in [1.54, 1.807) is 0 Å². The van der Waals surface area contributed by atoms with Crippen molar-refractivity contribution in [2.45, 2.75) is 111 Å². The Morgan fingerprint density at radius 3 is 2.32 bits per heavy atom. The number of azo groups is 1. The number of fused-ring (bicyclic) bond motifs is 5. The number of allylic oxidation sites excluding steroid dienone is 1. The third kappa shape index (κ3) is 6.07. The second kappa shape index (κ2) is 12.9. The van der Waals surface area contributed by atoms with Crippen molar-refractivity contribution in [2.75, 3.05) is 0 Å². The molecular weight excluding hydrogens is 540 g/mol. The Morgan fingerprint density at radius 2 is 1.59 bits per heavy atom. The van der Waals surface area contributed by atoms with Gasteiger partial charge in [0.2, 0.25) is 0 Å². The molecule has 0 saturated heterocycles. The molecule has 4 aliphatic rings. The van der Waals surface area contributed by atoms with Crippen LogP contribution in [0.1, 0.15) is 116 Å². The van der Waals surface area contributed by atoms with Crippen molar-refractivity contribution in [3.05, 3.63) is 71.8 Å². The first-order valence-corrected chi connectivity index (χ1v) is 17.7. The van der Waals surface area contributed by atoms with Gasteiger partial charge >= 0.3 is 5.97 Å². The van der Waals surface area contributed by atoms with Crippen molar-refractivity contribution >= 4 is 17.3 Å². The standard InChI is InChI=1S/C40H54N2O2/c1-27(2)11-9-12-28(3)33-22-23-34-32-20-21-36-37(15-10-25-39(36,4)35(32)24-26-40(33,34)5)44-38(43)29-16-18-31(19-17-29)42-41-30-13-7-6-8-14-30/h6-8,13-14,16-19,21,27-28,32-35,37H,9-12,15,20,22-26H2,1-5H3. The predicted octanol–water partition coefficient (Wildman–Crippen LogP) is 11.7. The fraction of sp³-hybridized carbons (Fsp3) is 0.625. The average molecular weight is 595 g/mol. The molecule has 236 valence electrons. The maximum absolute atomic E-state index is 13.4. The average Bonchev–Trinajstić information content (AvgIpc) is 3.38. The van der Waals surface area contributed by atoms with Gasteiger partial charge in [0.25, 0.3) is 0 Å². The minimum Gasteiger partial charge on any atom is -0.454 e. The van der Waals surface area contributed by atoms with E-state index in [0.29, 0.717) is 16.9 Å². The molecule has 6 rings (SSSR count). The lowest BCUT2D eigenvalue weighted by Gasteiger charge is -2.58. The normalized spacial score (nSPS) is 33.8. The van der Waals surface area contributed by atoms with Crippen LogP contribution in [-0.4, -0.2) is 12.1 Å². The Balaban J connectivity index is 1.12. The van der Waals surface area contributed by atoms with E-state index in [1.807, 2.05) is 54.6 Å². The molecule has 0 bridgehead atoms. The highest BCUT2D eigenvalue weighted by Crippen LogP contribution is 2.67. The van der Waals surface area contributed by atoms with Gasteiger partial charge in [-0.15, -0.1) is 0 Å². The Hall–Kier alpha value is -2.75. The van der Waals surface area contributed by atoms with E-state index in [4.69, 9.17) is 4.74 Å². The topological polar surface area (TPSA) is 51.0 Å². The molecule has 8 unspecified atom stereocenters. The highest BCUT2D eigenvalue weighted by Gasteiger charge is 2.59. The first-order chi connectivity index (χ1) is 21.2. The molecule has 0 N–H and O–H groups in total. The molecule has 0 heterocycles. The molecule has 0 aromatic heterocycles. The second-order valence-corrected chi connectivity index (χ2v) is 15.6. The first kappa shape index (κ1) is 31.2. The van der Waals surface area contributed by atoms with E-state index in [-0.39, 0.29) is 17.5 Å². The van der Waals surface area contributed by atoms with Crippen molar-refractivity contribution in [3.63, 3.8) is 0 Å². The van der Waals surface area contributed by atoms with Gasteiger partial charge in [0.05, 0.1) is 16.9 Å². The van der Waals surface area contributed by atoms with Crippen molar-refractivity contribution in [2.24, 2.45) is 56.6 Å². The van der Waals surface area contributed by atoms with Crippen LogP contribution in [-0.2, 0) is 4.74 Å². The van der Waals surface area contributed by atoms with Crippen molar-refractivity contribution in [3.8, 4) is 0 Å². The number of carbonyl (C=O) groups is 1. The zero-order chi connectivity index (χ0) is 30.9. The van der Waals surface area contributed by atoms with Gasteiger partial charge in [0.15, 0.2) is 0 Å². The maximum atomic E-state index is 13.4. The molecule has 8 atom stereocenters. The summed E-state index contributed by atoms with van der Waals surface area (Å²) in [7, 11) is 0. The number of hydrogen-bond acceptors (Lipinski definition) is 4. The predicted molar refractivity (Wildman–Crippen MR) is 179 cm³/mol. The van der Waals surface area contributed by atoms with E-state index in [1.165, 1.54) is 63.4 Å². The summed E-state index contributed by atoms with van der Waals surface area (Å²) in [6, 6.07) is 17.0. The van der Waals surface area contributed by atoms with Gasteiger partial charge in [-0.3, -0.25) is 0 Å². The molecule has 3 fully saturated rings. The van der Waals surface area contributed by atoms with Gasteiger partial charge in [-0.2, -0.15) is 10.2 Å². The van der Waals surface area contributed by atoms with Crippen LogP contribution in [0, 0.1) is 46.3 Å². The number of hydrogen-bond donors (Lipinski definition) is 0. The lowest BCUT2D eigenvalue weighted by Crippen LogP contribution is -2.52. The fourth-order valence-electron chi connectivity index (χ4n) is 10.4. The minimum atomic E-state index is -0.227. The Morgan fingerprint density at radius 1 is 0.864 bits per heavy atom. The van der Waals surface area contributed by atoms with Gasteiger partial charge in [-0.1, -0.05) is 78.2 Å². The smallest absolute Gasteiger partial charge is 0.338 e. The second-order valence-electron chi connectivity index (χ2n) is 15.6. The number of esters is 1. The highest BCUT2D eigenvalue weighted by molar-refractivity contribution is 5.90. The van der Waals surface area contributed by atoms with Gasteiger partial charge < -0.3 is 4.74 Å². The molecule has 0 aliphatic heterocycles. The number of nitrogens with zero attached hydrogens (tertiary/aromatic N) is 2. The van der Waals surface area contributed by atoms with Gasteiger partial charge in [0.1, 0.15) is 6.10 Å². The number of carbonyl (C=O) groups excluding carboxylic acids is 1. The minimum absolute atomic E-state index is 0.106. The number of rotatable bonds is 9. The van der Waals surface area contributed by atoms with Gasteiger partial charge in [0, 0.05) is 0 Å². The summed E-state index contributed by atoms with van der Waals surface area (Å²) in [5, 5.41) is 8.60. The zero-order valence-corrected chi connectivity index (χ0v) is 27.8. The summed E-state index contributed by atoms with van der Waals surface area (Å²) >= 11 is 0. The van der Waals surface area contributed by atoms with Crippen molar-refractivity contribution in [1.29, 1.82) is 0 Å². The maximum Gasteiger partial charge on any atom is 0.338 e. The van der Waals surface area contributed by atoms with Crippen LogP contribution in [0.2, 0.25) is 0 Å². The number of benzene rings is 2. The molecule has 0 spiro atoms. The molecule has 4 heteroatoms. The monoisotopic (exact) mass is 594 g/mol. The van der Waals surface area contributed by atoms with E-state index in [0.717, 1.165) is 53.8 Å². The summed E-state index contributed by atoms with van der Waals surface area (Å²) < 4.78 is 6.31. The molecular formula is C40H54N2O2. The lowest BCUT2D eigenvalue weighted by molar-refractivity contribution is -0.0613. The molecule has 4 aliphatic carbocycles. The molecule has 4 nitrogen and oxygen atoms in total. The quantitative estimate of drug-likeness (QED) is 0.165. The molecule has 0 radical (unpaired) electrons. The van der Waals surface area contributed by atoms with Crippen LogP contribution in [0.3, 0.4) is 0 Å². The SMILES string of the molecule is CC(C)CCCC(C)C1CCC2C3CC=C4C(OC(=O)c5ccc(N=Nc6ccccc6)cc5)CCCC4(C)C3CCC12C. The van der Waals surface area contributed by atoms with Gasteiger partial charge in [-0.05, 0) is 140 Å². The molecule has 44 heavy (non-hydrogen) atoms. The largest absolute Gasteiger partial charge is 0.454 e. The van der Waals surface area contributed by atoms with Crippen LogP contribution in [0.25, 0.3) is 0 Å². The fourth-order valence-corrected chi connectivity index (χ4v) is 10.4. The Bertz CT molecular complexity index is 1350. The first-order valence-electron chi connectivity index (χ1n) is 17.7. The Kier molecular flexibility index (Phi) is 9.18. The van der Waals surface area contributed by atoms with Crippen LogP contribution in [0.4, 0.5) is 11.4 Å². The Labute approximate surface area is 266 Å². The summed E-state index contributed by atoms with van der Waals surface area (Å²) in [5.41, 5.74) is 4.18. The molecule has 2 aromatic rings. The molecule has 2 aromatic carbocycles. The lowest BCUT2D eigenvalue weighted by atomic mass is 9.46. The summed E-state index contributed by atoms with van der Waals surface area (Å²) in [5.74, 6) is 4.64. The molecule has 3 saturated carbocycles. The summed E-state index contributed by atoms with van der Waals surface area (Å²) in [6.07, 6.45) is 16.6. The summed E-state index contributed by atoms with van der Waals surface area (Å²) in [4.78, 5) is 13.4. The van der Waals surface area contributed by atoms with E-state index in [9.17, 15) is 4.79 Å². The third-order valence-corrected chi connectivity index (χ3v) is 12.6. The van der Waals surface area contributed by atoms with Crippen LogP contribution < -0.4 is 0 Å². The zero-order valence-electron chi connectivity index (χ0n) is 27.8. The van der Waals surface area contributed by atoms with E-state index in [2.05, 4.69) is 50.9 Å². The van der Waals surface area contributed by atoms with Crippen LogP contribution in [0.15, 0.2) is 76.5 Å². The third-order valence-electron chi connectivity index (χ3n) is 12.6. The summed E-state index contributed by atoms with van der Waals surface area (Å²) in [6.45, 7) is 12.5.